The molecule has 0 bridgehead atoms. The number of aliphatic hydroxyl groups excluding tert-OH is 1. The van der Waals surface area contributed by atoms with Gasteiger partial charge in [0.15, 0.2) is 9.84 Å². The number of hydrogen-bond acceptors (Lipinski definition) is 5. The molecule has 0 aromatic heterocycles. The summed E-state index contributed by atoms with van der Waals surface area (Å²) in [5, 5.41) is 9.87. The zero-order valence-electron chi connectivity index (χ0n) is 10.9. The van der Waals surface area contributed by atoms with E-state index in [2.05, 4.69) is 0 Å². The van der Waals surface area contributed by atoms with Crippen molar-refractivity contribution >= 4 is 19.7 Å². The molecule has 0 aliphatic carbocycles. The van der Waals surface area contributed by atoms with Crippen molar-refractivity contribution in [2.24, 2.45) is 0 Å². The first-order valence-corrected chi connectivity index (χ1v) is 9.70. The molecule has 0 saturated carbocycles. The summed E-state index contributed by atoms with van der Waals surface area (Å²) in [5.41, 5.74) is 0.584. The number of sulfone groups is 2. The molecule has 19 heavy (non-hydrogen) atoms. The largest absolute Gasteiger partial charge is 0.388 e. The van der Waals surface area contributed by atoms with Crippen LogP contribution < -0.4 is 0 Å². The lowest BCUT2D eigenvalue weighted by Gasteiger charge is -2.11. The molecule has 0 amide bonds. The van der Waals surface area contributed by atoms with Gasteiger partial charge in [-0.3, -0.25) is 0 Å². The van der Waals surface area contributed by atoms with E-state index in [0.29, 0.717) is 18.4 Å². The smallest absolute Gasteiger partial charge is 0.175 e. The SMILES string of the molecule is CS(=O)(=O)CCCC(O)c1ccc(S(C)(=O)=O)cc1. The standard InChI is InChI=1S/C12H18O5S2/c1-18(14,15)9-3-4-12(13)10-5-7-11(8-6-10)19(2,16)17/h5-8,12-13H,3-4,9H2,1-2H3. The Morgan fingerprint density at radius 3 is 2.00 bits per heavy atom. The Balaban J connectivity index is 2.66. The van der Waals surface area contributed by atoms with Crippen LogP contribution in [0, 0.1) is 0 Å². The zero-order chi connectivity index (χ0) is 14.7. The number of hydrogen-bond donors (Lipinski definition) is 1. The number of aliphatic hydroxyl groups is 1. The van der Waals surface area contributed by atoms with Crippen molar-refractivity contribution in [1.29, 1.82) is 0 Å². The van der Waals surface area contributed by atoms with Crippen molar-refractivity contribution in [3.8, 4) is 0 Å². The molecule has 0 aliphatic heterocycles. The fraction of sp³-hybridized carbons (Fsp3) is 0.500. The molecule has 7 heteroatoms. The van der Waals surface area contributed by atoms with Gasteiger partial charge in [-0.05, 0) is 30.5 Å². The van der Waals surface area contributed by atoms with Crippen molar-refractivity contribution in [1.82, 2.24) is 0 Å². The number of benzene rings is 1. The first-order chi connectivity index (χ1) is 8.59. The monoisotopic (exact) mass is 306 g/mol. The quantitative estimate of drug-likeness (QED) is 0.845. The molecule has 1 rings (SSSR count). The Kier molecular flexibility index (Phi) is 5.11. The van der Waals surface area contributed by atoms with E-state index >= 15 is 0 Å². The third-order valence-corrected chi connectivity index (χ3v) is 4.84. The van der Waals surface area contributed by atoms with Crippen LogP contribution in [-0.2, 0) is 19.7 Å². The van der Waals surface area contributed by atoms with Gasteiger partial charge in [0.05, 0.1) is 11.0 Å². The van der Waals surface area contributed by atoms with Gasteiger partial charge in [0.2, 0.25) is 0 Å². The van der Waals surface area contributed by atoms with E-state index in [0.717, 1.165) is 12.5 Å². The van der Waals surface area contributed by atoms with E-state index in [1.165, 1.54) is 12.1 Å². The Morgan fingerprint density at radius 2 is 1.58 bits per heavy atom. The van der Waals surface area contributed by atoms with Gasteiger partial charge in [0, 0.05) is 18.3 Å². The third-order valence-electron chi connectivity index (χ3n) is 2.69. The molecule has 1 atom stereocenters. The van der Waals surface area contributed by atoms with Gasteiger partial charge < -0.3 is 5.11 Å². The van der Waals surface area contributed by atoms with Gasteiger partial charge in [0.1, 0.15) is 9.84 Å². The van der Waals surface area contributed by atoms with Crippen molar-refractivity contribution in [2.75, 3.05) is 18.3 Å². The molecule has 1 aromatic carbocycles. The maximum absolute atomic E-state index is 11.3. The van der Waals surface area contributed by atoms with Crippen molar-refractivity contribution in [3.63, 3.8) is 0 Å². The van der Waals surface area contributed by atoms with E-state index < -0.39 is 25.8 Å². The predicted molar refractivity (Wildman–Crippen MR) is 73.5 cm³/mol. The molecule has 0 saturated heterocycles. The lowest BCUT2D eigenvalue weighted by atomic mass is 10.1. The van der Waals surface area contributed by atoms with Crippen molar-refractivity contribution in [3.05, 3.63) is 29.8 Å². The normalized spacial score (nSPS) is 14.3. The summed E-state index contributed by atoms with van der Waals surface area (Å²) in [7, 11) is -6.26. The Morgan fingerprint density at radius 1 is 1.05 bits per heavy atom. The minimum Gasteiger partial charge on any atom is -0.388 e. The predicted octanol–water partition coefficient (Wildman–Crippen LogP) is 0.948. The topological polar surface area (TPSA) is 88.5 Å². The molecule has 1 unspecified atom stereocenters. The summed E-state index contributed by atoms with van der Waals surface area (Å²) in [5.74, 6) is 0.0332. The molecule has 0 heterocycles. The van der Waals surface area contributed by atoms with Crippen LogP contribution >= 0.6 is 0 Å². The highest BCUT2D eigenvalue weighted by Crippen LogP contribution is 2.20. The molecule has 5 nitrogen and oxygen atoms in total. The van der Waals surface area contributed by atoms with E-state index in [4.69, 9.17) is 0 Å². The highest BCUT2D eigenvalue weighted by atomic mass is 32.2. The molecule has 0 aliphatic rings. The first-order valence-electron chi connectivity index (χ1n) is 5.75. The minimum atomic E-state index is -3.24. The van der Waals surface area contributed by atoms with E-state index in [9.17, 15) is 21.9 Å². The highest BCUT2D eigenvalue weighted by Gasteiger charge is 2.12. The fourth-order valence-electron chi connectivity index (χ4n) is 1.64. The van der Waals surface area contributed by atoms with E-state index in [-0.39, 0.29) is 10.6 Å². The number of rotatable bonds is 6. The summed E-state index contributed by atoms with van der Waals surface area (Å²) in [6.45, 7) is 0. The van der Waals surface area contributed by atoms with Crippen LogP contribution in [0.5, 0.6) is 0 Å². The van der Waals surface area contributed by atoms with Gasteiger partial charge >= 0.3 is 0 Å². The van der Waals surface area contributed by atoms with E-state index in [1.54, 1.807) is 12.1 Å². The lowest BCUT2D eigenvalue weighted by Crippen LogP contribution is -2.06. The molecule has 0 spiro atoms. The highest BCUT2D eigenvalue weighted by molar-refractivity contribution is 7.90. The fourth-order valence-corrected chi connectivity index (χ4v) is 2.96. The molecule has 1 aromatic rings. The van der Waals surface area contributed by atoms with Gasteiger partial charge in [0.25, 0.3) is 0 Å². The summed E-state index contributed by atoms with van der Waals surface area (Å²) < 4.78 is 44.4. The molecule has 0 fully saturated rings. The summed E-state index contributed by atoms with van der Waals surface area (Å²) in [4.78, 5) is 0.194. The van der Waals surface area contributed by atoms with Crippen LogP contribution in [0.15, 0.2) is 29.2 Å². The average molecular weight is 306 g/mol. The minimum absolute atomic E-state index is 0.0332. The summed E-state index contributed by atoms with van der Waals surface area (Å²) in [6, 6.07) is 5.96. The van der Waals surface area contributed by atoms with Gasteiger partial charge in [-0.25, -0.2) is 16.8 Å². The first kappa shape index (κ1) is 16.1. The maximum atomic E-state index is 11.3. The van der Waals surface area contributed by atoms with Gasteiger partial charge in [-0.1, -0.05) is 12.1 Å². The van der Waals surface area contributed by atoms with Crippen LogP contribution in [0.25, 0.3) is 0 Å². The maximum Gasteiger partial charge on any atom is 0.175 e. The van der Waals surface area contributed by atoms with Crippen LogP contribution in [0.1, 0.15) is 24.5 Å². The van der Waals surface area contributed by atoms with Crippen LogP contribution in [-0.4, -0.2) is 40.2 Å². The van der Waals surface area contributed by atoms with Crippen LogP contribution in [0.4, 0.5) is 0 Å². The molecule has 1 N–H and O–H groups in total. The van der Waals surface area contributed by atoms with Gasteiger partial charge in [-0.2, -0.15) is 0 Å². The van der Waals surface area contributed by atoms with Crippen molar-refractivity contribution in [2.45, 2.75) is 23.8 Å². The van der Waals surface area contributed by atoms with E-state index in [1.807, 2.05) is 0 Å². The van der Waals surface area contributed by atoms with Crippen molar-refractivity contribution < 1.29 is 21.9 Å². The third kappa shape index (κ3) is 5.71. The second-order valence-electron chi connectivity index (χ2n) is 4.63. The van der Waals surface area contributed by atoms with Gasteiger partial charge in [-0.15, -0.1) is 0 Å². The Labute approximate surface area is 114 Å². The molecule has 108 valence electrons. The zero-order valence-corrected chi connectivity index (χ0v) is 12.5. The Hall–Kier alpha value is -0.920. The molecular weight excluding hydrogens is 288 g/mol. The second kappa shape index (κ2) is 6.02. The second-order valence-corrected chi connectivity index (χ2v) is 8.90. The Bertz CT molecular complexity index is 615. The molecule has 0 radical (unpaired) electrons. The summed E-state index contributed by atoms with van der Waals surface area (Å²) in [6.07, 6.45) is 2.18. The summed E-state index contributed by atoms with van der Waals surface area (Å²) >= 11 is 0. The van der Waals surface area contributed by atoms with Crippen LogP contribution in [0.2, 0.25) is 0 Å². The molecular formula is C12H18O5S2. The average Bonchev–Trinajstić information content (AvgIpc) is 2.26. The van der Waals surface area contributed by atoms with Crippen LogP contribution in [0.3, 0.4) is 0 Å². The lowest BCUT2D eigenvalue weighted by molar-refractivity contribution is 0.166.